The van der Waals surface area contributed by atoms with Crippen LogP contribution in [0.15, 0.2) is 47.6 Å². The van der Waals surface area contributed by atoms with E-state index < -0.39 is 5.97 Å². The molecule has 3 heteroatoms. The molecule has 0 aliphatic rings. The van der Waals surface area contributed by atoms with Gasteiger partial charge in [0.2, 0.25) is 0 Å². The summed E-state index contributed by atoms with van der Waals surface area (Å²) in [4.78, 5) is 10.9. The van der Waals surface area contributed by atoms with Crippen LogP contribution in [0.1, 0.15) is 0 Å². The first-order valence-corrected chi connectivity index (χ1v) is 4.12. The van der Waals surface area contributed by atoms with Crippen molar-refractivity contribution in [1.82, 2.24) is 0 Å². The summed E-state index contributed by atoms with van der Waals surface area (Å²) in [5.74, 6) is -0.0675. The van der Waals surface area contributed by atoms with Crippen LogP contribution in [-0.2, 0) is 4.79 Å². The Morgan fingerprint density at radius 1 is 1.43 bits per heavy atom. The van der Waals surface area contributed by atoms with Crippen molar-refractivity contribution in [3.8, 4) is 5.75 Å². The van der Waals surface area contributed by atoms with Gasteiger partial charge in [0.15, 0.2) is 5.75 Å². The van der Waals surface area contributed by atoms with Crippen LogP contribution in [0.25, 0.3) is 11.0 Å². The summed E-state index contributed by atoms with van der Waals surface area (Å²) in [6, 6.07) is 7.33. The Kier molecular flexibility index (Phi) is 2.07. The zero-order valence-corrected chi connectivity index (χ0v) is 7.40. The second kappa shape index (κ2) is 3.38. The number of carbonyl (C=O) groups excluding carboxylic acids is 1. The van der Waals surface area contributed by atoms with Gasteiger partial charge in [-0.1, -0.05) is 18.7 Å². The monoisotopic (exact) mass is 188 g/mol. The molecule has 0 unspecified atom stereocenters. The zero-order valence-electron chi connectivity index (χ0n) is 7.40. The fraction of sp³-hybridized carbons (Fsp3) is 0. The Hall–Kier alpha value is -2.03. The quantitative estimate of drug-likeness (QED) is 0.537. The Bertz CT molecular complexity index is 482. The van der Waals surface area contributed by atoms with Crippen molar-refractivity contribution in [1.29, 1.82) is 0 Å². The average molecular weight is 188 g/mol. The summed E-state index contributed by atoms with van der Waals surface area (Å²) in [5, 5.41) is 0.780. The number of furan rings is 1. The third-order valence-electron chi connectivity index (χ3n) is 1.82. The number of hydrogen-bond acceptors (Lipinski definition) is 3. The van der Waals surface area contributed by atoms with Gasteiger partial charge in [-0.15, -0.1) is 0 Å². The van der Waals surface area contributed by atoms with Crippen LogP contribution < -0.4 is 4.74 Å². The maximum absolute atomic E-state index is 10.9. The van der Waals surface area contributed by atoms with Gasteiger partial charge in [-0.25, -0.2) is 4.79 Å². The third-order valence-corrected chi connectivity index (χ3v) is 1.82. The number of para-hydroxylation sites is 1. The molecule has 2 rings (SSSR count). The van der Waals surface area contributed by atoms with Crippen molar-refractivity contribution < 1.29 is 13.9 Å². The van der Waals surface area contributed by atoms with Crippen molar-refractivity contribution in [3.05, 3.63) is 43.2 Å². The molecule has 0 N–H and O–H groups in total. The summed E-state index contributed by atoms with van der Waals surface area (Å²) in [6.07, 6.45) is 2.52. The van der Waals surface area contributed by atoms with Gasteiger partial charge in [-0.05, 0) is 12.1 Å². The molecule has 1 heterocycles. The molecule has 1 aromatic carbocycles. The minimum Gasteiger partial charge on any atom is -0.460 e. The van der Waals surface area contributed by atoms with Gasteiger partial charge in [-0.2, -0.15) is 0 Å². The predicted octanol–water partition coefficient (Wildman–Crippen LogP) is 2.52. The lowest BCUT2D eigenvalue weighted by Crippen LogP contribution is -2.02. The van der Waals surface area contributed by atoms with Gasteiger partial charge in [-0.3, -0.25) is 0 Å². The number of fused-ring (bicyclic) bond motifs is 1. The molecule has 0 aliphatic heterocycles. The lowest BCUT2D eigenvalue weighted by atomic mass is 10.2. The smallest absolute Gasteiger partial charge is 0.335 e. The molecule has 1 aromatic heterocycles. The number of ether oxygens (including phenoxy) is 1. The van der Waals surface area contributed by atoms with Gasteiger partial charge < -0.3 is 9.15 Å². The average Bonchev–Trinajstić information content (AvgIpc) is 2.62. The summed E-state index contributed by atoms with van der Waals surface area (Å²) in [6.45, 7) is 3.32. The topological polar surface area (TPSA) is 39.4 Å². The standard InChI is InChI=1S/C11H8O3/c1-2-11(12)14-10-7-13-9-6-4-3-5-8(9)10/h2-7H,1H2. The molecule has 0 saturated heterocycles. The molecule has 14 heavy (non-hydrogen) atoms. The summed E-state index contributed by atoms with van der Waals surface area (Å²) >= 11 is 0. The van der Waals surface area contributed by atoms with Crippen molar-refractivity contribution in [3.63, 3.8) is 0 Å². The summed E-state index contributed by atoms with van der Waals surface area (Å²) < 4.78 is 10.1. The van der Waals surface area contributed by atoms with Crippen LogP contribution in [-0.4, -0.2) is 5.97 Å². The van der Waals surface area contributed by atoms with Crippen LogP contribution >= 0.6 is 0 Å². The van der Waals surface area contributed by atoms with E-state index in [0.29, 0.717) is 11.3 Å². The number of hydrogen-bond donors (Lipinski definition) is 0. The first-order valence-electron chi connectivity index (χ1n) is 4.12. The van der Waals surface area contributed by atoms with Crippen LogP contribution in [0, 0.1) is 0 Å². The fourth-order valence-corrected chi connectivity index (χ4v) is 1.18. The number of rotatable bonds is 2. The molecule has 0 amide bonds. The highest BCUT2D eigenvalue weighted by atomic mass is 16.5. The van der Waals surface area contributed by atoms with Crippen LogP contribution in [0.4, 0.5) is 0 Å². The van der Waals surface area contributed by atoms with Crippen LogP contribution in [0.3, 0.4) is 0 Å². The fourth-order valence-electron chi connectivity index (χ4n) is 1.18. The van der Waals surface area contributed by atoms with Crippen molar-refractivity contribution in [2.75, 3.05) is 0 Å². The Morgan fingerprint density at radius 2 is 2.21 bits per heavy atom. The molecule has 3 nitrogen and oxygen atoms in total. The molecule has 0 spiro atoms. The Morgan fingerprint density at radius 3 is 3.00 bits per heavy atom. The molecular weight excluding hydrogens is 180 g/mol. The SMILES string of the molecule is C=CC(=O)Oc1coc2ccccc12. The maximum Gasteiger partial charge on any atom is 0.335 e. The number of esters is 1. The van der Waals surface area contributed by atoms with E-state index in [2.05, 4.69) is 6.58 Å². The number of benzene rings is 1. The Balaban J connectivity index is 2.43. The molecule has 0 radical (unpaired) electrons. The second-order valence-electron chi connectivity index (χ2n) is 2.72. The Labute approximate surface area is 80.6 Å². The molecule has 0 atom stereocenters. The van der Waals surface area contributed by atoms with Gasteiger partial charge in [0.25, 0.3) is 0 Å². The normalized spacial score (nSPS) is 10.0. The number of carbonyl (C=O) groups is 1. The largest absolute Gasteiger partial charge is 0.460 e. The van der Waals surface area contributed by atoms with Crippen molar-refractivity contribution in [2.45, 2.75) is 0 Å². The third kappa shape index (κ3) is 1.40. The minimum atomic E-state index is -0.489. The van der Waals surface area contributed by atoms with Crippen molar-refractivity contribution >= 4 is 16.9 Å². The maximum atomic E-state index is 10.9. The van der Waals surface area contributed by atoms with E-state index in [1.54, 1.807) is 6.07 Å². The predicted molar refractivity (Wildman–Crippen MR) is 52.0 cm³/mol. The van der Waals surface area contributed by atoms with Crippen LogP contribution in [0.2, 0.25) is 0 Å². The molecule has 2 aromatic rings. The van der Waals surface area contributed by atoms with E-state index in [0.717, 1.165) is 11.5 Å². The van der Waals surface area contributed by atoms with E-state index in [4.69, 9.17) is 9.15 Å². The van der Waals surface area contributed by atoms with E-state index >= 15 is 0 Å². The van der Waals surface area contributed by atoms with Gasteiger partial charge in [0.1, 0.15) is 11.8 Å². The van der Waals surface area contributed by atoms with Gasteiger partial charge in [0.05, 0.1) is 5.39 Å². The summed E-state index contributed by atoms with van der Waals surface area (Å²) in [5.41, 5.74) is 0.694. The molecule has 0 bridgehead atoms. The van der Waals surface area contributed by atoms with E-state index in [-0.39, 0.29) is 0 Å². The highest BCUT2D eigenvalue weighted by Crippen LogP contribution is 2.27. The van der Waals surface area contributed by atoms with E-state index in [9.17, 15) is 4.79 Å². The van der Waals surface area contributed by atoms with Gasteiger partial charge >= 0.3 is 5.97 Å². The highest BCUT2D eigenvalue weighted by molar-refractivity contribution is 5.89. The first kappa shape index (κ1) is 8.56. The molecule has 0 saturated carbocycles. The molecule has 0 fully saturated rings. The lowest BCUT2D eigenvalue weighted by molar-refractivity contribution is -0.128. The molecule has 0 aliphatic carbocycles. The molecule has 70 valence electrons. The highest BCUT2D eigenvalue weighted by Gasteiger charge is 2.08. The first-order chi connectivity index (χ1) is 6.81. The van der Waals surface area contributed by atoms with E-state index in [1.807, 2.05) is 18.2 Å². The second-order valence-corrected chi connectivity index (χ2v) is 2.72. The molecular formula is C11H8O3. The minimum absolute atomic E-state index is 0.422. The van der Waals surface area contributed by atoms with Crippen LogP contribution in [0.5, 0.6) is 5.75 Å². The lowest BCUT2D eigenvalue weighted by Gasteiger charge is -1.95. The van der Waals surface area contributed by atoms with E-state index in [1.165, 1.54) is 6.26 Å². The zero-order chi connectivity index (χ0) is 9.97. The van der Waals surface area contributed by atoms with Gasteiger partial charge in [0, 0.05) is 6.08 Å². The van der Waals surface area contributed by atoms with Crippen molar-refractivity contribution in [2.24, 2.45) is 0 Å². The summed E-state index contributed by atoms with van der Waals surface area (Å²) in [7, 11) is 0.